The number of carbonyl (C=O) groups excluding carboxylic acids is 1. The summed E-state index contributed by atoms with van der Waals surface area (Å²) >= 11 is 0. The molecule has 1 unspecified atom stereocenters. The number of benzene rings is 3. The SMILES string of the molecule is O=C(O)CC(c1ccccc1)n1cnc2cc(NC(=O)Cc3cccc([N+](=O)[O-])c3)ccc21. The molecule has 0 saturated carbocycles. The Labute approximate surface area is 188 Å². The van der Waals surface area contributed by atoms with Gasteiger partial charge in [-0.15, -0.1) is 0 Å². The molecule has 4 aromatic rings. The number of hydrogen-bond acceptors (Lipinski definition) is 5. The van der Waals surface area contributed by atoms with Crippen LogP contribution in [-0.2, 0) is 16.0 Å². The van der Waals surface area contributed by atoms with Crippen LogP contribution in [0.5, 0.6) is 0 Å². The highest BCUT2D eigenvalue weighted by atomic mass is 16.6. The van der Waals surface area contributed by atoms with Crippen LogP contribution in [0.2, 0.25) is 0 Å². The van der Waals surface area contributed by atoms with E-state index in [1.54, 1.807) is 36.7 Å². The summed E-state index contributed by atoms with van der Waals surface area (Å²) in [6.07, 6.45) is 1.49. The molecule has 0 aliphatic rings. The molecule has 2 N–H and O–H groups in total. The molecule has 1 heterocycles. The second kappa shape index (κ2) is 9.31. The number of nitrogens with one attached hydrogen (secondary N) is 1. The van der Waals surface area contributed by atoms with Gasteiger partial charge in [-0.2, -0.15) is 0 Å². The highest BCUT2D eigenvalue weighted by Gasteiger charge is 2.20. The number of rotatable bonds is 8. The van der Waals surface area contributed by atoms with Crippen LogP contribution in [0.3, 0.4) is 0 Å². The van der Waals surface area contributed by atoms with E-state index in [9.17, 15) is 24.8 Å². The molecule has 1 atom stereocenters. The number of non-ortho nitro benzene ring substituents is 1. The molecule has 0 aliphatic heterocycles. The summed E-state index contributed by atoms with van der Waals surface area (Å²) in [6, 6.07) is 20.1. The zero-order chi connectivity index (χ0) is 23.4. The van der Waals surface area contributed by atoms with E-state index in [1.165, 1.54) is 12.1 Å². The lowest BCUT2D eigenvalue weighted by molar-refractivity contribution is -0.384. The number of anilines is 1. The van der Waals surface area contributed by atoms with E-state index < -0.39 is 16.9 Å². The molecule has 1 amide bonds. The minimum Gasteiger partial charge on any atom is -0.481 e. The molecule has 4 rings (SSSR count). The molecule has 0 radical (unpaired) electrons. The van der Waals surface area contributed by atoms with E-state index in [2.05, 4.69) is 10.3 Å². The maximum absolute atomic E-state index is 12.4. The fraction of sp³-hybridized carbons (Fsp3) is 0.125. The number of aliphatic carboxylic acids is 1. The fourth-order valence-corrected chi connectivity index (χ4v) is 3.75. The Morgan fingerprint density at radius 1 is 1.06 bits per heavy atom. The van der Waals surface area contributed by atoms with Crippen molar-refractivity contribution in [3.63, 3.8) is 0 Å². The maximum Gasteiger partial charge on any atom is 0.305 e. The molecule has 0 aliphatic carbocycles. The van der Waals surface area contributed by atoms with Gasteiger partial charge >= 0.3 is 5.97 Å². The summed E-state index contributed by atoms with van der Waals surface area (Å²) in [5.41, 5.74) is 3.19. The van der Waals surface area contributed by atoms with Crippen molar-refractivity contribution < 1.29 is 19.6 Å². The summed E-state index contributed by atoms with van der Waals surface area (Å²) in [4.78, 5) is 38.7. The lowest BCUT2D eigenvalue weighted by Crippen LogP contribution is -2.15. The molecule has 9 heteroatoms. The lowest BCUT2D eigenvalue weighted by Gasteiger charge is -2.18. The Balaban J connectivity index is 1.55. The molecular weight excluding hydrogens is 424 g/mol. The number of amides is 1. The lowest BCUT2D eigenvalue weighted by atomic mass is 10.0. The maximum atomic E-state index is 12.4. The number of imidazole rings is 1. The molecule has 3 aromatic carbocycles. The predicted molar refractivity (Wildman–Crippen MR) is 122 cm³/mol. The average Bonchev–Trinajstić information content (AvgIpc) is 3.21. The van der Waals surface area contributed by atoms with Gasteiger partial charge in [0.15, 0.2) is 0 Å². The predicted octanol–water partition coefficient (Wildman–Crippen LogP) is 4.19. The zero-order valence-corrected chi connectivity index (χ0v) is 17.4. The van der Waals surface area contributed by atoms with E-state index in [4.69, 9.17) is 0 Å². The second-order valence-corrected chi connectivity index (χ2v) is 7.53. The van der Waals surface area contributed by atoms with Crippen LogP contribution in [0.1, 0.15) is 23.6 Å². The molecule has 0 bridgehead atoms. The Hall–Kier alpha value is -4.53. The third kappa shape index (κ3) is 5.04. The van der Waals surface area contributed by atoms with E-state index in [0.717, 1.165) is 11.1 Å². The van der Waals surface area contributed by atoms with Crippen molar-refractivity contribution in [1.29, 1.82) is 0 Å². The zero-order valence-electron chi connectivity index (χ0n) is 17.4. The Kier molecular flexibility index (Phi) is 6.12. The fourth-order valence-electron chi connectivity index (χ4n) is 3.75. The Bertz CT molecular complexity index is 1330. The van der Waals surface area contributed by atoms with Crippen LogP contribution in [-0.4, -0.2) is 31.5 Å². The summed E-state index contributed by atoms with van der Waals surface area (Å²) in [5.74, 6) is -1.24. The van der Waals surface area contributed by atoms with Crippen molar-refractivity contribution >= 4 is 34.3 Å². The number of carboxylic acids is 1. The first-order chi connectivity index (χ1) is 15.9. The first-order valence-electron chi connectivity index (χ1n) is 10.2. The highest BCUT2D eigenvalue weighted by Crippen LogP contribution is 2.28. The smallest absolute Gasteiger partial charge is 0.305 e. The van der Waals surface area contributed by atoms with Crippen LogP contribution in [0.25, 0.3) is 11.0 Å². The number of nitro benzene ring substituents is 1. The quantitative estimate of drug-likeness (QED) is 0.310. The minimum atomic E-state index is -0.921. The summed E-state index contributed by atoms with van der Waals surface area (Å²) in [7, 11) is 0. The summed E-state index contributed by atoms with van der Waals surface area (Å²) < 4.78 is 1.81. The van der Waals surface area contributed by atoms with Crippen molar-refractivity contribution in [3.8, 4) is 0 Å². The van der Waals surface area contributed by atoms with E-state index in [1.807, 2.05) is 34.9 Å². The number of carbonyl (C=O) groups is 2. The van der Waals surface area contributed by atoms with Crippen molar-refractivity contribution in [1.82, 2.24) is 9.55 Å². The van der Waals surface area contributed by atoms with Gasteiger partial charge in [0.05, 0.1) is 41.2 Å². The van der Waals surface area contributed by atoms with E-state index in [-0.39, 0.29) is 24.4 Å². The number of nitro groups is 1. The Morgan fingerprint density at radius 3 is 2.58 bits per heavy atom. The number of carboxylic acid groups (broad SMARTS) is 1. The second-order valence-electron chi connectivity index (χ2n) is 7.53. The first kappa shape index (κ1) is 21.7. The van der Waals surface area contributed by atoms with E-state index >= 15 is 0 Å². The van der Waals surface area contributed by atoms with Gasteiger partial charge in [-0.05, 0) is 29.3 Å². The van der Waals surface area contributed by atoms with Crippen LogP contribution in [0.4, 0.5) is 11.4 Å². The van der Waals surface area contributed by atoms with Gasteiger partial charge in [-0.3, -0.25) is 19.7 Å². The van der Waals surface area contributed by atoms with Gasteiger partial charge in [-0.1, -0.05) is 42.5 Å². The molecule has 0 fully saturated rings. The van der Waals surface area contributed by atoms with Gasteiger partial charge in [-0.25, -0.2) is 4.98 Å². The molecular formula is C24H20N4O5. The summed E-state index contributed by atoms with van der Waals surface area (Å²) in [5, 5.41) is 23.1. The van der Waals surface area contributed by atoms with Crippen molar-refractivity contribution in [3.05, 3.63) is 100 Å². The average molecular weight is 444 g/mol. The minimum absolute atomic E-state index is 0.0111. The largest absolute Gasteiger partial charge is 0.481 e. The molecule has 0 spiro atoms. The third-order valence-electron chi connectivity index (χ3n) is 5.23. The normalized spacial score (nSPS) is 11.8. The van der Waals surface area contributed by atoms with Gasteiger partial charge in [0, 0.05) is 17.8 Å². The van der Waals surface area contributed by atoms with Gasteiger partial charge in [0.25, 0.3) is 5.69 Å². The molecule has 166 valence electrons. The first-order valence-corrected chi connectivity index (χ1v) is 10.2. The van der Waals surface area contributed by atoms with Crippen molar-refractivity contribution in [2.75, 3.05) is 5.32 Å². The van der Waals surface area contributed by atoms with Gasteiger partial charge in [0.2, 0.25) is 5.91 Å². The van der Waals surface area contributed by atoms with Gasteiger partial charge < -0.3 is 15.0 Å². The van der Waals surface area contributed by atoms with Crippen LogP contribution >= 0.6 is 0 Å². The standard InChI is InChI=1S/C24H20N4O5/c29-23(12-16-5-4-8-19(11-16)28(32)33)26-18-9-10-21-20(13-18)25-15-27(21)22(14-24(30)31)17-6-2-1-3-7-17/h1-11,13,15,22H,12,14H2,(H,26,29)(H,30,31). The van der Waals surface area contributed by atoms with Crippen LogP contribution in [0.15, 0.2) is 79.1 Å². The third-order valence-corrected chi connectivity index (χ3v) is 5.23. The van der Waals surface area contributed by atoms with E-state index in [0.29, 0.717) is 16.8 Å². The molecule has 9 nitrogen and oxygen atoms in total. The number of aromatic nitrogens is 2. The van der Waals surface area contributed by atoms with Crippen LogP contribution < -0.4 is 5.32 Å². The van der Waals surface area contributed by atoms with Crippen molar-refractivity contribution in [2.45, 2.75) is 18.9 Å². The monoisotopic (exact) mass is 444 g/mol. The molecule has 1 aromatic heterocycles. The van der Waals surface area contributed by atoms with Crippen LogP contribution in [0, 0.1) is 10.1 Å². The topological polar surface area (TPSA) is 127 Å². The number of nitrogens with zero attached hydrogens (tertiary/aromatic N) is 3. The summed E-state index contributed by atoms with van der Waals surface area (Å²) in [6.45, 7) is 0. The molecule has 33 heavy (non-hydrogen) atoms. The number of hydrogen-bond donors (Lipinski definition) is 2. The van der Waals surface area contributed by atoms with Crippen molar-refractivity contribution in [2.24, 2.45) is 0 Å². The number of fused-ring (bicyclic) bond motifs is 1. The van der Waals surface area contributed by atoms with Gasteiger partial charge in [0.1, 0.15) is 0 Å². The molecule has 0 saturated heterocycles. The highest BCUT2D eigenvalue weighted by molar-refractivity contribution is 5.94. The Morgan fingerprint density at radius 2 is 1.85 bits per heavy atom.